The molecule has 1 aromatic carbocycles. The van der Waals surface area contributed by atoms with Crippen LogP contribution in [0.5, 0.6) is 5.75 Å². The van der Waals surface area contributed by atoms with Crippen molar-refractivity contribution in [3.63, 3.8) is 0 Å². The molecule has 112 valence electrons. The summed E-state index contributed by atoms with van der Waals surface area (Å²) < 4.78 is 6.65. The zero-order valence-electron chi connectivity index (χ0n) is 12.3. The lowest BCUT2D eigenvalue weighted by atomic mass is 9.99. The van der Waals surface area contributed by atoms with Crippen LogP contribution in [0.2, 0.25) is 0 Å². The van der Waals surface area contributed by atoms with Gasteiger partial charge >= 0.3 is 0 Å². The minimum absolute atomic E-state index is 0.142. The molecule has 0 amide bonds. The van der Waals surface area contributed by atoms with E-state index in [4.69, 9.17) is 10.6 Å². The summed E-state index contributed by atoms with van der Waals surface area (Å²) in [5, 5.41) is 0. The van der Waals surface area contributed by atoms with Gasteiger partial charge in [-0.1, -0.05) is 40.5 Å². The molecule has 21 heavy (non-hydrogen) atoms. The maximum atomic E-state index is 5.77. The van der Waals surface area contributed by atoms with Crippen molar-refractivity contribution >= 4 is 15.9 Å². The molecule has 0 saturated carbocycles. The fourth-order valence-electron chi connectivity index (χ4n) is 2.14. The third-order valence-electron chi connectivity index (χ3n) is 3.17. The SMILES string of the molecule is CCCOc1cncc(C(NN)c2cc(C)ccc2Br)c1. The summed E-state index contributed by atoms with van der Waals surface area (Å²) in [5.41, 5.74) is 6.09. The Balaban J connectivity index is 2.34. The number of aryl methyl sites for hydroxylation is 1. The van der Waals surface area contributed by atoms with Crippen molar-refractivity contribution in [2.24, 2.45) is 5.84 Å². The fourth-order valence-corrected chi connectivity index (χ4v) is 2.62. The molecule has 0 fully saturated rings. The van der Waals surface area contributed by atoms with E-state index in [0.29, 0.717) is 6.61 Å². The third-order valence-corrected chi connectivity index (χ3v) is 3.89. The second-order valence-electron chi connectivity index (χ2n) is 4.93. The second kappa shape index (κ2) is 7.54. The Hall–Kier alpha value is -1.43. The lowest BCUT2D eigenvalue weighted by Crippen LogP contribution is -2.29. The second-order valence-corrected chi connectivity index (χ2v) is 5.78. The van der Waals surface area contributed by atoms with Gasteiger partial charge in [0.2, 0.25) is 0 Å². The van der Waals surface area contributed by atoms with E-state index in [9.17, 15) is 0 Å². The number of pyridine rings is 1. The Morgan fingerprint density at radius 1 is 1.33 bits per heavy atom. The highest BCUT2D eigenvalue weighted by Gasteiger charge is 2.16. The molecule has 1 aromatic heterocycles. The largest absolute Gasteiger partial charge is 0.492 e. The van der Waals surface area contributed by atoms with E-state index in [0.717, 1.165) is 27.8 Å². The summed E-state index contributed by atoms with van der Waals surface area (Å²) in [6, 6.07) is 8.02. The van der Waals surface area contributed by atoms with Crippen LogP contribution < -0.4 is 16.0 Å². The number of ether oxygens (including phenoxy) is 1. The van der Waals surface area contributed by atoms with Crippen molar-refractivity contribution < 1.29 is 4.74 Å². The van der Waals surface area contributed by atoms with Crippen LogP contribution in [-0.2, 0) is 0 Å². The van der Waals surface area contributed by atoms with E-state index in [1.165, 1.54) is 5.56 Å². The van der Waals surface area contributed by atoms with Crippen LogP contribution in [0.1, 0.15) is 36.1 Å². The van der Waals surface area contributed by atoms with Crippen LogP contribution in [0.3, 0.4) is 0 Å². The maximum Gasteiger partial charge on any atom is 0.137 e. The average Bonchev–Trinajstić information content (AvgIpc) is 2.50. The van der Waals surface area contributed by atoms with Crippen molar-refractivity contribution in [3.05, 3.63) is 57.8 Å². The van der Waals surface area contributed by atoms with Crippen LogP contribution in [0.4, 0.5) is 0 Å². The third kappa shape index (κ3) is 4.03. The number of hydrogen-bond acceptors (Lipinski definition) is 4. The summed E-state index contributed by atoms with van der Waals surface area (Å²) in [6.45, 7) is 4.81. The number of nitrogens with zero attached hydrogens (tertiary/aromatic N) is 1. The van der Waals surface area contributed by atoms with E-state index in [-0.39, 0.29) is 6.04 Å². The van der Waals surface area contributed by atoms with Gasteiger partial charge in [0.05, 0.1) is 18.8 Å². The molecule has 5 heteroatoms. The first-order valence-electron chi connectivity index (χ1n) is 6.95. The van der Waals surface area contributed by atoms with Gasteiger partial charge in [-0.15, -0.1) is 0 Å². The number of nitrogens with two attached hydrogens (primary N) is 1. The van der Waals surface area contributed by atoms with Gasteiger partial charge in [-0.05, 0) is 36.6 Å². The Morgan fingerprint density at radius 2 is 2.14 bits per heavy atom. The number of hydrogen-bond donors (Lipinski definition) is 2. The van der Waals surface area contributed by atoms with Gasteiger partial charge < -0.3 is 4.74 Å². The van der Waals surface area contributed by atoms with Gasteiger partial charge in [-0.2, -0.15) is 0 Å². The fraction of sp³-hybridized carbons (Fsp3) is 0.312. The number of aromatic nitrogens is 1. The van der Waals surface area contributed by atoms with Gasteiger partial charge in [0.15, 0.2) is 0 Å². The van der Waals surface area contributed by atoms with Gasteiger partial charge in [0.1, 0.15) is 5.75 Å². The normalized spacial score (nSPS) is 12.2. The number of nitrogens with one attached hydrogen (secondary N) is 1. The summed E-state index contributed by atoms with van der Waals surface area (Å²) in [6.07, 6.45) is 4.49. The van der Waals surface area contributed by atoms with Crippen LogP contribution >= 0.6 is 15.9 Å². The monoisotopic (exact) mass is 349 g/mol. The van der Waals surface area contributed by atoms with Crippen LogP contribution in [-0.4, -0.2) is 11.6 Å². The molecule has 1 unspecified atom stereocenters. The molecule has 2 rings (SSSR count). The zero-order valence-corrected chi connectivity index (χ0v) is 13.9. The molecule has 1 atom stereocenters. The van der Waals surface area contributed by atoms with Crippen molar-refractivity contribution in [1.29, 1.82) is 0 Å². The van der Waals surface area contributed by atoms with E-state index < -0.39 is 0 Å². The molecule has 2 aromatic rings. The van der Waals surface area contributed by atoms with Crippen molar-refractivity contribution in [2.75, 3.05) is 6.61 Å². The molecule has 0 bridgehead atoms. The number of hydrazine groups is 1. The van der Waals surface area contributed by atoms with Gasteiger partial charge in [-0.25, -0.2) is 5.43 Å². The molecule has 0 spiro atoms. The molecule has 3 N–H and O–H groups in total. The molecule has 1 heterocycles. The molecule has 4 nitrogen and oxygen atoms in total. The standard InChI is InChI=1S/C16H20BrN3O/c1-3-6-21-13-8-12(9-19-10-13)16(20-18)14-7-11(2)4-5-15(14)17/h4-5,7-10,16,20H,3,6,18H2,1-2H3. The Kier molecular flexibility index (Phi) is 5.73. The van der Waals surface area contributed by atoms with Gasteiger partial charge in [0, 0.05) is 10.7 Å². The summed E-state index contributed by atoms with van der Waals surface area (Å²) in [4.78, 5) is 4.25. The molecule has 0 aliphatic rings. The van der Waals surface area contributed by atoms with Crippen LogP contribution in [0.15, 0.2) is 41.1 Å². The molecule has 0 saturated heterocycles. The van der Waals surface area contributed by atoms with Crippen LogP contribution in [0, 0.1) is 6.92 Å². The Bertz CT molecular complexity index is 604. The summed E-state index contributed by atoms with van der Waals surface area (Å²) >= 11 is 3.58. The highest BCUT2D eigenvalue weighted by Crippen LogP contribution is 2.30. The van der Waals surface area contributed by atoms with Crippen molar-refractivity contribution in [1.82, 2.24) is 10.4 Å². The minimum Gasteiger partial charge on any atom is -0.492 e. The molecular weight excluding hydrogens is 330 g/mol. The molecular formula is C16H20BrN3O. The summed E-state index contributed by atoms with van der Waals surface area (Å²) in [7, 11) is 0. The van der Waals surface area contributed by atoms with E-state index in [1.807, 2.05) is 12.1 Å². The molecule has 0 radical (unpaired) electrons. The number of rotatable bonds is 6. The average molecular weight is 350 g/mol. The van der Waals surface area contributed by atoms with Crippen molar-refractivity contribution in [3.8, 4) is 5.75 Å². The first kappa shape index (κ1) is 15.9. The first-order chi connectivity index (χ1) is 10.2. The lowest BCUT2D eigenvalue weighted by Gasteiger charge is -2.19. The number of halogens is 1. The van der Waals surface area contributed by atoms with E-state index in [1.54, 1.807) is 12.4 Å². The van der Waals surface area contributed by atoms with E-state index in [2.05, 4.69) is 52.3 Å². The van der Waals surface area contributed by atoms with Gasteiger partial charge in [-0.3, -0.25) is 10.8 Å². The predicted octanol–water partition coefficient (Wildman–Crippen LogP) is 3.49. The maximum absolute atomic E-state index is 5.77. The quantitative estimate of drug-likeness (QED) is 0.618. The zero-order chi connectivity index (χ0) is 15.2. The lowest BCUT2D eigenvalue weighted by molar-refractivity contribution is 0.315. The van der Waals surface area contributed by atoms with Crippen LogP contribution in [0.25, 0.3) is 0 Å². The molecule has 0 aliphatic carbocycles. The highest BCUT2D eigenvalue weighted by atomic mass is 79.9. The Labute approximate surface area is 133 Å². The highest BCUT2D eigenvalue weighted by molar-refractivity contribution is 9.10. The van der Waals surface area contributed by atoms with E-state index >= 15 is 0 Å². The first-order valence-corrected chi connectivity index (χ1v) is 7.75. The number of benzene rings is 1. The summed E-state index contributed by atoms with van der Waals surface area (Å²) in [5.74, 6) is 6.53. The van der Waals surface area contributed by atoms with Gasteiger partial charge in [0.25, 0.3) is 0 Å². The van der Waals surface area contributed by atoms with Crippen molar-refractivity contribution in [2.45, 2.75) is 26.3 Å². The Morgan fingerprint density at radius 3 is 2.86 bits per heavy atom. The predicted molar refractivity (Wildman–Crippen MR) is 88.1 cm³/mol. The minimum atomic E-state index is -0.142. The smallest absolute Gasteiger partial charge is 0.137 e. The topological polar surface area (TPSA) is 60.2 Å². The molecule has 0 aliphatic heterocycles.